The molecule has 0 unspecified atom stereocenters. The third kappa shape index (κ3) is 4.02. The van der Waals surface area contributed by atoms with E-state index in [4.69, 9.17) is 9.47 Å². The third-order valence-corrected chi connectivity index (χ3v) is 2.90. The molecule has 0 aliphatic carbocycles. The lowest BCUT2D eigenvalue weighted by Crippen LogP contribution is -2.42. The van der Waals surface area contributed by atoms with Crippen LogP contribution in [0, 0.1) is 6.92 Å². The van der Waals surface area contributed by atoms with E-state index in [1.54, 1.807) is 0 Å². The van der Waals surface area contributed by atoms with E-state index in [2.05, 4.69) is 5.32 Å². The lowest BCUT2D eigenvalue weighted by molar-refractivity contribution is -0.222. The zero-order valence-electron chi connectivity index (χ0n) is 12.6. The number of cyclic esters (lactones) is 2. The van der Waals surface area contributed by atoms with E-state index in [0.717, 1.165) is 18.3 Å². The maximum Gasteiger partial charge on any atom is 0.416 e. The van der Waals surface area contributed by atoms with Crippen molar-refractivity contribution in [3.63, 3.8) is 0 Å². The normalized spacial score (nSPS) is 17.4. The SMILES string of the molecule is Cc1cc(NC=C2C(=O)OC(C)(C)OC2=O)cc(C(F)(F)F)c1. The van der Waals surface area contributed by atoms with Crippen molar-refractivity contribution in [2.45, 2.75) is 32.7 Å². The van der Waals surface area contributed by atoms with Crippen molar-refractivity contribution in [2.24, 2.45) is 0 Å². The molecular formula is C15H14F3NO4. The van der Waals surface area contributed by atoms with E-state index in [0.29, 0.717) is 5.56 Å². The number of nitrogens with one attached hydrogen (secondary N) is 1. The number of esters is 2. The van der Waals surface area contributed by atoms with E-state index in [1.807, 2.05) is 0 Å². The van der Waals surface area contributed by atoms with Crippen molar-refractivity contribution in [2.75, 3.05) is 5.32 Å². The molecule has 0 aromatic heterocycles. The molecule has 23 heavy (non-hydrogen) atoms. The van der Waals surface area contributed by atoms with Crippen LogP contribution in [0.15, 0.2) is 30.0 Å². The molecule has 1 aromatic rings. The number of hydrogen-bond donors (Lipinski definition) is 1. The molecule has 1 aliphatic heterocycles. The first-order valence-electron chi connectivity index (χ1n) is 6.60. The molecule has 124 valence electrons. The Morgan fingerprint density at radius 2 is 1.65 bits per heavy atom. The maximum absolute atomic E-state index is 12.8. The molecule has 0 amide bonds. The monoisotopic (exact) mass is 329 g/mol. The maximum atomic E-state index is 12.8. The third-order valence-electron chi connectivity index (χ3n) is 2.90. The van der Waals surface area contributed by atoms with E-state index < -0.39 is 35.0 Å². The van der Waals surface area contributed by atoms with Gasteiger partial charge in [0.1, 0.15) is 0 Å². The summed E-state index contributed by atoms with van der Waals surface area (Å²) >= 11 is 0. The molecule has 8 heteroatoms. The van der Waals surface area contributed by atoms with Gasteiger partial charge in [0, 0.05) is 25.7 Å². The predicted octanol–water partition coefficient (Wildman–Crippen LogP) is 3.15. The summed E-state index contributed by atoms with van der Waals surface area (Å²) in [5.74, 6) is -3.21. The fourth-order valence-electron chi connectivity index (χ4n) is 1.96. The molecule has 1 heterocycles. The summed E-state index contributed by atoms with van der Waals surface area (Å²) in [6.07, 6.45) is -3.53. The van der Waals surface area contributed by atoms with Crippen LogP contribution < -0.4 is 5.32 Å². The van der Waals surface area contributed by atoms with Crippen molar-refractivity contribution in [3.8, 4) is 0 Å². The van der Waals surface area contributed by atoms with Crippen LogP contribution in [-0.4, -0.2) is 17.7 Å². The van der Waals surface area contributed by atoms with Crippen LogP contribution in [0.5, 0.6) is 0 Å². The van der Waals surface area contributed by atoms with Gasteiger partial charge in [-0.3, -0.25) is 0 Å². The molecule has 1 aliphatic rings. The summed E-state index contributed by atoms with van der Waals surface area (Å²) in [5.41, 5.74) is -0.821. The highest BCUT2D eigenvalue weighted by Gasteiger charge is 2.39. The minimum absolute atomic E-state index is 0.0789. The van der Waals surface area contributed by atoms with Gasteiger partial charge < -0.3 is 14.8 Å². The average Bonchev–Trinajstić information content (AvgIpc) is 2.34. The Bertz CT molecular complexity index is 670. The van der Waals surface area contributed by atoms with E-state index >= 15 is 0 Å². The summed E-state index contributed by atoms with van der Waals surface area (Å²) in [5, 5.41) is 2.49. The van der Waals surface area contributed by atoms with Crippen LogP contribution in [0.3, 0.4) is 0 Å². The van der Waals surface area contributed by atoms with Gasteiger partial charge in [0.25, 0.3) is 5.79 Å². The predicted molar refractivity (Wildman–Crippen MR) is 74.1 cm³/mol. The molecule has 0 atom stereocenters. The van der Waals surface area contributed by atoms with Crippen molar-refractivity contribution < 1.29 is 32.2 Å². The van der Waals surface area contributed by atoms with Crippen molar-refractivity contribution in [1.82, 2.24) is 0 Å². The van der Waals surface area contributed by atoms with Crippen LogP contribution >= 0.6 is 0 Å². The summed E-state index contributed by atoms with van der Waals surface area (Å²) in [4.78, 5) is 23.4. The quantitative estimate of drug-likeness (QED) is 0.513. The van der Waals surface area contributed by atoms with Crippen molar-refractivity contribution in [3.05, 3.63) is 41.1 Å². The minimum atomic E-state index is -4.50. The molecular weight excluding hydrogens is 315 g/mol. The van der Waals surface area contributed by atoms with E-state index in [-0.39, 0.29) is 5.69 Å². The number of anilines is 1. The van der Waals surface area contributed by atoms with Crippen LogP contribution in [0.2, 0.25) is 0 Å². The van der Waals surface area contributed by atoms with Gasteiger partial charge in [-0.15, -0.1) is 0 Å². The van der Waals surface area contributed by atoms with Gasteiger partial charge in [-0.1, -0.05) is 0 Å². The molecule has 2 rings (SSSR count). The highest BCUT2D eigenvalue weighted by molar-refractivity contribution is 6.15. The highest BCUT2D eigenvalue weighted by atomic mass is 19.4. The first kappa shape index (κ1) is 16.9. The Kier molecular flexibility index (Phi) is 4.10. The number of halogens is 3. The van der Waals surface area contributed by atoms with Gasteiger partial charge in [0.2, 0.25) is 0 Å². The molecule has 1 saturated heterocycles. The number of carbonyl (C=O) groups excluding carboxylic acids is 2. The summed E-state index contributed by atoms with van der Waals surface area (Å²) in [7, 11) is 0. The van der Waals surface area contributed by atoms with Crippen LogP contribution in [-0.2, 0) is 25.2 Å². The van der Waals surface area contributed by atoms with Crippen molar-refractivity contribution >= 4 is 17.6 Å². The van der Waals surface area contributed by atoms with E-state index in [1.165, 1.54) is 26.8 Å². The minimum Gasteiger partial charge on any atom is -0.419 e. The number of benzene rings is 1. The fraction of sp³-hybridized carbons (Fsp3) is 0.333. The van der Waals surface area contributed by atoms with Gasteiger partial charge in [-0.25, -0.2) is 9.59 Å². The second-order valence-corrected chi connectivity index (χ2v) is 5.47. The first-order chi connectivity index (χ1) is 10.5. The standard InChI is InChI=1S/C15H14F3NO4/c1-8-4-9(15(16,17)18)6-10(5-8)19-7-11-12(20)22-14(2,3)23-13(11)21/h4-7,19H,1-3H3. The Morgan fingerprint density at radius 1 is 1.09 bits per heavy atom. The van der Waals surface area contributed by atoms with Crippen LogP contribution in [0.25, 0.3) is 0 Å². The Hall–Kier alpha value is -2.51. The number of carbonyl (C=O) groups is 2. The lowest BCUT2D eigenvalue weighted by Gasteiger charge is -2.29. The van der Waals surface area contributed by atoms with Gasteiger partial charge in [0.05, 0.1) is 5.56 Å². The topological polar surface area (TPSA) is 64.6 Å². The Labute approximate surface area is 130 Å². The number of hydrogen-bond acceptors (Lipinski definition) is 5. The molecule has 0 saturated carbocycles. The lowest BCUT2D eigenvalue weighted by atomic mass is 10.1. The summed E-state index contributed by atoms with van der Waals surface area (Å²) in [6, 6.07) is 3.30. The molecule has 1 aromatic carbocycles. The number of rotatable bonds is 2. The Morgan fingerprint density at radius 3 is 2.17 bits per heavy atom. The molecule has 0 radical (unpaired) electrons. The van der Waals surface area contributed by atoms with Crippen LogP contribution in [0.1, 0.15) is 25.0 Å². The fourth-order valence-corrected chi connectivity index (χ4v) is 1.96. The average molecular weight is 329 g/mol. The largest absolute Gasteiger partial charge is 0.419 e. The highest BCUT2D eigenvalue weighted by Crippen LogP contribution is 2.32. The van der Waals surface area contributed by atoms with Crippen LogP contribution in [0.4, 0.5) is 18.9 Å². The summed E-state index contributed by atoms with van der Waals surface area (Å²) < 4.78 is 48.0. The van der Waals surface area contributed by atoms with Crippen molar-refractivity contribution in [1.29, 1.82) is 0 Å². The van der Waals surface area contributed by atoms with Gasteiger partial charge in [0.15, 0.2) is 5.57 Å². The molecule has 0 bridgehead atoms. The smallest absolute Gasteiger partial charge is 0.416 e. The van der Waals surface area contributed by atoms with Gasteiger partial charge in [-0.2, -0.15) is 13.2 Å². The molecule has 5 nitrogen and oxygen atoms in total. The number of alkyl halides is 3. The second-order valence-electron chi connectivity index (χ2n) is 5.47. The molecule has 1 fully saturated rings. The molecule has 1 N–H and O–H groups in total. The number of ether oxygens (including phenoxy) is 2. The zero-order valence-corrected chi connectivity index (χ0v) is 12.6. The van der Waals surface area contributed by atoms with Gasteiger partial charge >= 0.3 is 18.1 Å². The van der Waals surface area contributed by atoms with Gasteiger partial charge in [-0.05, 0) is 30.7 Å². The molecule has 0 spiro atoms. The number of aryl methyl sites for hydroxylation is 1. The Balaban J connectivity index is 2.25. The first-order valence-corrected chi connectivity index (χ1v) is 6.60. The second kappa shape index (κ2) is 5.60. The zero-order chi connectivity index (χ0) is 17.4. The van der Waals surface area contributed by atoms with E-state index in [9.17, 15) is 22.8 Å². The summed E-state index contributed by atoms with van der Waals surface area (Å²) in [6.45, 7) is 4.28.